The summed E-state index contributed by atoms with van der Waals surface area (Å²) in [5, 5.41) is 13.4. The monoisotopic (exact) mass is 356 g/mol. The maximum atomic E-state index is 13.0. The molecule has 138 valence electrons. The van der Waals surface area contributed by atoms with E-state index in [1.54, 1.807) is 18.2 Å². The van der Waals surface area contributed by atoms with Crippen LogP contribution >= 0.6 is 0 Å². The van der Waals surface area contributed by atoms with Gasteiger partial charge in [0.2, 0.25) is 0 Å². The Labute approximate surface area is 153 Å². The van der Waals surface area contributed by atoms with Gasteiger partial charge in [-0.1, -0.05) is 24.3 Å². The number of benzene rings is 2. The van der Waals surface area contributed by atoms with Gasteiger partial charge in [-0.05, 0) is 36.8 Å². The average Bonchev–Trinajstić information content (AvgIpc) is 2.67. The zero-order valence-electron chi connectivity index (χ0n) is 15.0. The van der Waals surface area contributed by atoms with Crippen molar-refractivity contribution in [2.24, 2.45) is 4.99 Å². The third kappa shape index (κ3) is 4.45. The smallest absolute Gasteiger partial charge is 0.194 e. The number of para-hydroxylation sites is 2. The summed E-state index contributed by atoms with van der Waals surface area (Å²) in [6.07, 6.45) is 0. The molecule has 0 atom stereocenters. The third-order valence-corrected chi connectivity index (χ3v) is 4.46. The lowest BCUT2D eigenvalue weighted by Gasteiger charge is -2.37. The van der Waals surface area contributed by atoms with Gasteiger partial charge < -0.3 is 20.2 Å². The minimum Gasteiger partial charge on any atom is -0.506 e. The van der Waals surface area contributed by atoms with Crippen LogP contribution in [0.2, 0.25) is 0 Å². The fourth-order valence-corrected chi connectivity index (χ4v) is 3.07. The highest BCUT2D eigenvalue weighted by Gasteiger charge is 2.21. The number of phenolic OH excluding ortho intramolecular Hbond substituents is 1. The predicted molar refractivity (Wildman–Crippen MR) is 103 cm³/mol. The van der Waals surface area contributed by atoms with E-state index in [0.717, 1.165) is 49.9 Å². The number of aliphatic imine (C=N–C) groups is 1. The first-order valence-corrected chi connectivity index (χ1v) is 8.98. The zero-order valence-corrected chi connectivity index (χ0v) is 15.0. The summed E-state index contributed by atoms with van der Waals surface area (Å²) < 4.78 is 13.0. The minimum absolute atomic E-state index is 0.232. The molecule has 2 N–H and O–H groups in total. The first-order valence-electron chi connectivity index (χ1n) is 8.98. The largest absolute Gasteiger partial charge is 0.506 e. The molecule has 2 aromatic carbocycles. The second-order valence-electron chi connectivity index (χ2n) is 6.26. The van der Waals surface area contributed by atoms with Crippen molar-refractivity contribution in [2.45, 2.75) is 13.5 Å². The van der Waals surface area contributed by atoms with E-state index >= 15 is 0 Å². The first kappa shape index (κ1) is 18.0. The summed E-state index contributed by atoms with van der Waals surface area (Å²) >= 11 is 0. The Morgan fingerprint density at radius 2 is 1.77 bits per heavy atom. The van der Waals surface area contributed by atoms with Gasteiger partial charge in [-0.2, -0.15) is 0 Å². The van der Waals surface area contributed by atoms with Crippen LogP contribution in [0.3, 0.4) is 0 Å². The lowest BCUT2D eigenvalue weighted by atomic mass is 10.2. The predicted octanol–water partition coefficient (Wildman–Crippen LogP) is 2.82. The lowest BCUT2D eigenvalue weighted by Crippen LogP contribution is -2.52. The van der Waals surface area contributed by atoms with Gasteiger partial charge in [0.25, 0.3) is 0 Å². The van der Waals surface area contributed by atoms with E-state index in [2.05, 4.69) is 15.1 Å². The van der Waals surface area contributed by atoms with Crippen molar-refractivity contribution in [3.63, 3.8) is 0 Å². The van der Waals surface area contributed by atoms with Gasteiger partial charge in [0.15, 0.2) is 5.96 Å². The number of rotatable bonds is 4. The van der Waals surface area contributed by atoms with E-state index in [1.807, 2.05) is 25.1 Å². The van der Waals surface area contributed by atoms with Crippen LogP contribution in [0.15, 0.2) is 53.5 Å². The molecule has 1 aliphatic heterocycles. The molecule has 1 fully saturated rings. The highest BCUT2D eigenvalue weighted by Crippen LogP contribution is 2.27. The van der Waals surface area contributed by atoms with Crippen LogP contribution in [-0.2, 0) is 6.54 Å². The fraction of sp³-hybridized carbons (Fsp3) is 0.350. The molecule has 3 rings (SSSR count). The van der Waals surface area contributed by atoms with Gasteiger partial charge in [-0.15, -0.1) is 0 Å². The number of nitrogens with one attached hydrogen (secondary N) is 1. The van der Waals surface area contributed by atoms with E-state index in [9.17, 15) is 9.50 Å². The van der Waals surface area contributed by atoms with Crippen molar-refractivity contribution in [3.05, 3.63) is 59.9 Å². The lowest BCUT2D eigenvalue weighted by molar-refractivity contribution is 0.369. The van der Waals surface area contributed by atoms with E-state index in [0.29, 0.717) is 12.3 Å². The summed E-state index contributed by atoms with van der Waals surface area (Å²) in [5.74, 6) is 0.955. The normalized spacial score (nSPS) is 15.2. The number of halogens is 1. The molecule has 0 aromatic heterocycles. The van der Waals surface area contributed by atoms with Gasteiger partial charge in [0.1, 0.15) is 11.6 Å². The number of nitrogens with zero attached hydrogens (tertiary/aromatic N) is 3. The SMILES string of the molecule is CCNC(=NCc1ccc(F)cc1)N1CCN(c2ccccc2O)CC1. The Kier molecular flexibility index (Phi) is 5.94. The van der Waals surface area contributed by atoms with Crippen LogP contribution < -0.4 is 10.2 Å². The molecule has 26 heavy (non-hydrogen) atoms. The van der Waals surface area contributed by atoms with Crippen LogP contribution in [0.25, 0.3) is 0 Å². The molecule has 0 amide bonds. The molecule has 6 heteroatoms. The van der Waals surface area contributed by atoms with Crippen LogP contribution in [-0.4, -0.2) is 48.7 Å². The Hall–Kier alpha value is -2.76. The number of phenols is 1. The molecule has 1 aliphatic rings. The van der Waals surface area contributed by atoms with Crippen molar-refractivity contribution in [3.8, 4) is 5.75 Å². The maximum absolute atomic E-state index is 13.0. The van der Waals surface area contributed by atoms with Gasteiger partial charge in [0.05, 0.1) is 12.2 Å². The highest BCUT2D eigenvalue weighted by atomic mass is 19.1. The van der Waals surface area contributed by atoms with Crippen molar-refractivity contribution in [1.29, 1.82) is 0 Å². The number of piperazine rings is 1. The second-order valence-corrected chi connectivity index (χ2v) is 6.26. The molecular formula is C20H25FN4O. The standard InChI is InChI=1S/C20H25FN4O/c1-2-22-20(23-15-16-7-9-17(21)10-8-16)25-13-11-24(12-14-25)18-5-3-4-6-19(18)26/h3-10,26H,2,11-15H2,1H3,(H,22,23). The van der Waals surface area contributed by atoms with Gasteiger partial charge in [-0.25, -0.2) is 9.38 Å². The van der Waals surface area contributed by atoms with Gasteiger partial charge in [0, 0.05) is 32.7 Å². The van der Waals surface area contributed by atoms with E-state index in [-0.39, 0.29) is 5.82 Å². The van der Waals surface area contributed by atoms with Crippen molar-refractivity contribution in [2.75, 3.05) is 37.6 Å². The Morgan fingerprint density at radius 3 is 2.42 bits per heavy atom. The van der Waals surface area contributed by atoms with Crippen LogP contribution in [0.5, 0.6) is 5.75 Å². The molecule has 2 aromatic rings. The highest BCUT2D eigenvalue weighted by molar-refractivity contribution is 5.80. The molecule has 0 bridgehead atoms. The summed E-state index contributed by atoms with van der Waals surface area (Å²) in [5.41, 5.74) is 1.86. The average molecular weight is 356 g/mol. The zero-order chi connectivity index (χ0) is 18.4. The second kappa shape index (κ2) is 8.56. The molecule has 0 aliphatic carbocycles. The molecule has 0 unspecified atom stereocenters. The molecule has 1 saturated heterocycles. The van der Waals surface area contributed by atoms with E-state index < -0.39 is 0 Å². The molecule has 1 heterocycles. The summed E-state index contributed by atoms with van der Waals surface area (Å²) in [7, 11) is 0. The van der Waals surface area contributed by atoms with E-state index in [4.69, 9.17) is 4.99 Å². The minimum atomic E-state index is -0.232. The first-order chi connectivity index (χ1) is 12.7. The maximum Gasteiger partial charge on any atom is 0.194 e. The quantitative estimate of drug-likeness (QED) is 0.653. The Balaban J connectivity index is 1.63. The van der Waals surface area contributed by atoms with Gasteiger partial charge in [-0.3, -0.25) is 0 Å². The Morgan fingerprint density at radius 1 is 1.08 bits per heavy atom. The van der Waals surface area contributed by atoms with Gasteiger partial charge >= 0.3 is 0 Å². The van der Waals surface area contributed by atoms with E-state index in [1.165, 1.54) is 12.1 Å². The van der Waals surface area contributed by atoms with Crippen molar-refractivity contribution in [1.82, 2.24) is 10.2 Å². The number of hydrogen-bond acceptors (Lipinski definition) is 3. The number of guanidine groups is 1. The number of aromatic hydroxyl groups is 1. The Bertz CT molecular complexity index is 740. The topological polar surface area (TPSA) is 51.1 Å². The fourth-order valence-electron chi connectivity index (χ4n) is 3.07. The number of anilines is 1. The van der Waals surface area contributed by atoms with Crippen LogP contribution in [0.4, 0.5) is 10.1 Å². The molecule has 0 saturated carbocycles. The van der Waals surface area contributed by atoms with Crippen molar-refractivity contribution < 1.29 is 9.50 Å². The molecular weight excluding hydrogens is 331 g/mol. The third-order valence-electron chi connectivity index (χ3n) is 4.46. The molecule has 0 spiro atoms. The summed E-state index contributed by atoms with van der Waals surface area (Å²) in [6.45, 7) is 6.64. The number of hydrogen-bond donors (Lipinski definition) is 2. The molecule has 5 nitrogen and oxygen atoms in total. The summed E-state index contributed by atoms with van der Waals surface area (Å²) in [6, 6.07) is 13.9. The molecule has 0 radical (unpaired) electrons. The van der Waals surface area contributed by atoms with Crippen LogP contribution in [0.1, 0.15) is 12.5 Å². The van der Waals surface area contributed by atoms with Crippen LogP contribution in [0, 0.1) is 5.82 Å². The van der Waals surface area contributed by atoms with Crippen molar-refractivity contribution >= 4 is 11.6 Å². The summed E-state index contributed by atoms with van der Waals surface area (Å²) in [4.78, 5) is 9.11.